The molecule has 0 aliphatic heterocycles. The first-order valence-corrected chi connectivity index (χ1v) is 3.50. The molecule has 1 aromatic rings. The van der Waals surface area contributed by atoms with Crippen LogP contribution in [0.25, 0.3) is 0 Å². The van der Waals surface area contributed by atoms with Crippen molar-refractivity contribution in [2.24, 2.45) is 0 Å². The summed E-state index contributed by atoms with van der Waals surface area (Å²) in [5.74, 6) is -4.37. The van der Waals surface area contributed by atoms with Gasteiger partial charge in [-0.25, -0.2) is 0 Å². The van der Waals surface area contributed by atoms with E-state index in [1.54, 1.807) is 18.5 Å². The van der Waals surface area contributed by atoms with Crippen molar-refractivity contribution in [2.75, 3.05) is 0 Å². The Bertz CT molecular complexity index is 287. The van der Waals surface area contributed by atoms with Gasteiger partial charge in [-0.3, -0.25) is 4.98 Å². The summed E-state index contributed by atoms with van der Waals surface area (Å²) in [7, 11) is 0. The Kier molecular flexibility index (Phi) is 8.88. The molecule has 7 heteroatoms. The summed E-state index contributed by atoms with van der Waals surface area (Å²) in [5, 5.41) is 26.3. The van der Waals surface area contributed by atoms with Crippen LogP contribution in [0.3, 0.4) is 0 Å². The van der Waals surface area contributed by atoms with Crippen LogP contribution in [0.5, 0.6) is 0 Å². The molecule has 3 N–H and O–H groups in total. The van der Waals surface area contributed by atoms with Crippen LogP contribution in [-0.4, -0.2) is 27.5 Å². The summed E-state index contributed by atoms with van der Waals surface area (Å²) < 4.78 is 0. The highest BCUT2D eigenvalue weighted by molar-refractivity contribution is 6.25. The molecule has 7 nitrogen and oxygen atoms in total. The van der Waals surface area contributed by atoms with Crippen LogP contribution in [0.2, 0.25) is 0 Å². The smallest absolute Gasteiger partial charge is 0.0870 e. The average Bonchev–Trinajstić information content (AvgIpc) is 2.20. The molecule has 84 valence electrons. The predicted molar refractivity (Wildman–Crippen MR) is 43.8 cm³/mol. The fourth-order valence-electron chi connectivity index (χ4n) is 0.492. The van der Waals surface area contributed by atoms with Gasteiger partial charge in [0.2, 0.25) is 0 Å². The Morgan fingerprint density at radius 1 is 1.33 bits per heavy atom. The lowest BCUT2D eigenvalue weighted by molar-refractivity contribution is -0.345. The number of carbonyl (C=O) groups excluding carboxylic acids is 2. The lowest BCUT2D eigenvalue weighted by Gasteiger charge is -1.97. The van der Waals surface area contributed by atoms with Gasteiger partial charge in [-0.2, -0.15) is 0 Å². The van der Waals surface area contributed by atoms with Gasteiger partial charge in [-0.05, 0) is 11.6 Å². The monoisotopic (exact) mass is 215 g/mol. The van der Waals surface area contributed by atoms with Gasteiger partial charge in [-0.1, -0.05) is 6.07 Å². The highest BCUT2D eigenvalue weighted by atomic mass is 16.4. The molecule has 0 aliphatic carbocycles. The summed E-state index contributed by atoms with van der Waals surface area (Å²) >= 11 is 0. The van der Waals surface area contributed by atoms with Gasteiger partial charge in [0.05, 0.1) is 18.5 Å². The van der Waals surface area contributed by atoms with Crippen molar-refractivity contribution in [3.63, 3.8) is 0 Å². The first-order valence-electron chi connectivity index (χ1n) is 3.50. The summed E-state index contributed by atoms with van der Waals surface area (Å²) in [6.45, 7) is 0.0772. The van der Waals surface area contributed by atoms with E-state index in [1.165, 1.54) is 0 Å². The number of rotatable bonds is 1. The van der Waals surface area contributed by atoms with Crippen LogP contribution in [0.4, 0.5) is 0 Å². The van der Waals surface area contributed by atoms with E-state index in [0.717, 1.165) is 5.56 Å². The molecule has 0 amide bonds. The first kappa shape index (κ1) is 15.5. The minimum atomic E-state index is -2.19. The van der Waals surface area contributed by atoms with Gasteiger partial charge in [0.15, 0.2) is 0 Å². The topological polar surface area (TPSA) is 145 Å². The molecule has 0 aromatic carbocycles. The molecule has 0 spiro atoms. The Labute approximate surface area is 84.9 Å². The number of carboxylic acids is 2. The van der Waals surface area contributed by atoms with Crippen molar-refractivity contribution in [1.82, 2.24) is 4.98 Å². The van der Waals surface area contributed by atoms with Gasteiger partial charge < -0.3 is 30.4 Å². The Morgan fingerprint density at radius 3 is 2.07 bits per heavy atom. The Hall–Kier alpha value is -1.99. The number of hydrogen-bond acceptors (Lipinski definition) is 6. The molecule has 1 aromatic heterocycles. The normalized spacial score (nSPS) is 7.80. The number of carbonyl (C=O) groups is 2. The second-order valence-corrected chi connectivity index (χ2v) is 2.09. The van der Waals surface area contributed by atoms with E-state index in [-0.39, 0.29) is 12.1 Å². The lowest BCUT2D eigenvalue weighted by Crippen LogP contribution is -2.42. The van der Waals surface area contributed by atoms with Crippen LogP contribution in [0, 0.1) is 0 Å². The SMILES string of the molecule is O.O=C([O-])C(=O)[O-].OCc1cccnc1. The fourth-order valence-corrected chi connectivity index (χ4v) is 0.492. The summed E-state index contributed by atoms with van der Waals surface area (Å²) in [4.78, 5) is 21.6. The van der Waals surface area contributed by atoms with Crippen molar-refractivity contribution < 1.29 is 30.4 Å². The molecule has 0 atom stereocenters. The number of aliphatic carboxylic acids is 2. The molecular formula is C8H9NO6-2. The van der Waals surface area contributed by atoms with Crippen molar-refractivity contribution in [3.8, 4) is 0 Å². The van der Waals surface area contributed by atoms with Crippen molar-refractivity contribution in [2.45, 2.75) is 6.61 Å². The summed E-state index contributed by atoms with van der Waals surface area (Å²) in [5.41, 5.74) is 0.854. The Morgan fingerprint density at radius 2 is 1.87 bits per heavy atom. The van der Waals surface area contributed by atoms with E-state index < -0.39 is 11.9 Å². The Balaban J connectivity index is 0. The van der Waals surface area contributed by atoms with Gasteiger partial charge in [0.1, 0.15) is 0 Å². The van der Waals surface area contributed by atoms with E-state index in [2.05, 4.69) is 4.98 Å². The van der Waals surface area contributed by atoms with Crippen molar-refractivity contribution >= 4 is 11.9 Å². The van der Waals surface area contributed by atoms with E-state index in [1.807, 2.05) is 6.07 Å². The minimum absolute atomic E-state index is 0. The molecule has 0 saturated heterocycles. The molecule has 0 fully saturated rings. The lowest BCUT2D eigenvalue weighted by atomic mass is 10.3. The highest BCUT2D eigenvalue weighted by Crippen LogP contribution is 1.92. The van der Waals surface area contributed by atoms with Gasteiger partial charge in [0.25, 0.3) is 0 Å². The maximum absolute atomic E-state index is 8.93. The molecule has 0 bridgehead atoms. The minimum Gasteiger partial charge on any atom is -0.543 e. The molecule has 0 saturated carbocycles. The third-order valence-corrected chi connectivity index (χ3v) is 1.07. The van der Waals surface area contributed by atoms with Crippen molar-refractivity contribution in [1.29, 1.82) is 0 Å². The van der Waals surface area contributed by atoms with Crippen LogP contribution < -0.4 is 10.2 Å². The van der Waals surface area contributed by atoms with E-state index in [9.17, 15) is 0 Å². The average molecular weight is 215 g/mol. The third kappa shape index (κ3) is 8.34. The molecule has 15 heavy (non-hydrogen) atoms. The van der Waals surface area contributed by atoms with Crippen LogP contribution in [0.15, 0.2) is 24.5 Å². The zero-order valence-electron chi connectivity index (χ0n) is 7.54. The van der Waals surface area contributed by atoms with Gasteiger partial charge in [0, 0.05) is 12.4 Å². The molecular weight excluding hydrogens is 206 g/mol. The molecule has 0 radical (unpaired) electrons. The second-order valence-electron chi connectivity index (χ2n) is 2.09. The van der Waals surface area contributed by atoms with Crippen molar-refractivity contribution in [3.05, 3.63) is 30.1 Å². The number of aliphatic hydroxyl groups excluding tert-OH is 1. The second kappa shape index (κ2) is 8.60. The largest absolute Gasteiger partial charge is 0.543 e. The zero-order chi connectivity index (χ0) is 11.0. The number of aromatic nitrogens is 1. The highest BCUT2D eigenvalue weighted by Gasteiger charge is 1.82. The van der Waals surface area contributed by atoms with Gasteiger partial charge in [-0.15, -0.1) is 0 Å². The molecule has 1 heterocycles. The predicted octanol–water partition coefficient (Wildman–Crippen LogP) is -3.76. The number of carboxylic acid groups (broad SMARTS) is 2. The fraction of sp³-hybridized carbons (Fsp3) is 0.125. The van der Waals surface area contributed by atoms with Crippen LogP contribution in [0.1, 0.15) is 5.56 Å². The summed E-state index contributed by atoms with van der Waals surface area (Å²) in [6, 6.07) is 3.62. The van der Waals surface area contributed by atoms with E-state index in [0.29, 0.717) is 0 Å². The molecule has 0 aliphatic rings. The summed E-state index contributed by atoms with van der Waals surface area (Å²) in [6.07, 6.45) is 3.32. The molecule has 1 rings (SSSR count). The number of hydrogen-bond donors (Lipinski definition) is 1. The third-order valence-electron chi connectivity index (χ3n) is 1.07. The number of aliphatic hydroxyl groups is 1. The first-order chi connectivity index (χ1) is 6.57. The number of nitrogens with zero attached hydrogens (tertiary/aromatic N) is 1. The van der Waals surface area contributed by atoms with Crippen LogP contribution in [-0.2, 0) is 16.2 Å². The maximum atomic E-state index is 8.93. The van der Waals surface area contributed by atoms with Gasteiger partial charge >= 0.3 is 0 Å². The maximum Gasteiger partial charge on any atom is 0.0870 e. The van der Waals surface area contributed by atoms with E-state index >= 15 is 0 Å². The standard InChI is InChI=1S/C6H7NO.C2H2O4.H2O/c8-5-6-2-1-3-7-4-6;3-1(4)2(5)6;/h1-4,8H,5H2;(H,3,4)(H,5,6);1H2/p-2. The van der Waals surface area contributed by atoms with E-state index in [4.69, 9.17) is 24.9 Å². The zero-order valence-corrected chi connectivity index (χ0v) is 7.54. The quantitative estimate of drug-likeness (QED) is 0.476. The van der Waals surface area contributed by atoms with Crippen LogP contribution >= 0.6 is 0 Å². The number of pyridine rings is 1. The molecule has 0 unspecified atom stereocenters.